The molecule has 0 bridgehead atoms. The fourth-order valence-electron chi connectivity index (χ4n) is 2.64. The van der Waals surface area contributed by atoms with E-state index in [1.54, 1.807) is 11.3 Å². The Bertz CT molecular complexity index is 1140. The van der Waals surface area contributed by atoms with Gasteiger partial charge < -0.3 is 15.8 Å². The fourth-order valence-corrected chi connectivity index (χ4v) is 3.60. The van der Waals surface area contributed by atoms with Crippen LogP contribution in [0.15, 0.2) is 42.7 Å². The van der Waals surface area contributed by atoms with Gasteiger partial charge in [-0.1, -0.05) is 23.5 Å². The van der Waals surface area contributed by atoms with Crippen molar-refractivity contribution in [3.63, 3.8) is 0 Å². The highest BCUT2D eigenvalue weighted by Crippen LogP contribution is 2.34. The number of aryl methyl sites for hydroxylation is 3. The molecule has 0 saturated carbocycles. The van der Waals surface area contributed by atoms with Crippen LogP contribution in [0.2, 0.25) is 0 Å². The first-order chi connectivity index (χ1) is 13.0. The largest absolute Gasteiger partial charge is 0.437 e. The Kier molecular flexibility index (Phi) is 4.37. The number of nitrogen functional groups attached to an aromatic ring is 1. The molecule has 4 aromatic rings. The first kappa shape index (κ1) is 17.2. The van der Waals surface area contributed by atoms with Crippen molar-refractivity contribution >= 4 is 38.2 Å². The number of aromatic nitrogens is 3. The van der Waals surface area contributed by atoms with Crippen LogP contribution < -0.4 is 15.8 Å². The zero-order valence-corrected chi connectivity index (χ0v) is 16.1. The summed E-state index contributed by atoms with van der Waals surface area (Å²) in [6.07, 6.45) is 1.42. The minimum Gasteiger partial charge on any atom is -0.437 e. The minimum absolute atomic E-state index is 0.313. The van der Waals surface area contributed by atoms with Crippen LogP contribution in [-0.2, 0) is 0 Å². The van der Waals surface area contributed by atoms with Crippen molar-refractivity contribution in [2.24, 2.45) is 0 Å². The minimum atomic E-state index is 0.313. The second-order valence-corrected chi connectivity index (χ2v) is 7.44. The number of nitrogens with one attached hydrogen (secondary N) is 1. The number of nitrogens with two attached hydrogens (primary N) is 1. The van der Waals surface area contributed by atoms with Crippen molar-refractivity contribution in [1.29, 1.82) is 0 Å². The van der Waals surface area contributed by atoms with Gasteiger partial charge in [0.2, 0.25) is 5.88 Å². The lowest BCUT2D eigenvalue weighted by atomic mass is 10.1. The predicted octanol–water partition coefficient (Wildman–Crippen LogP) is 5.13. The molecule has 136 valence electrons. The molecular weight excluding hydrogens is 358 g/mol. The lowest BCUT2D eigenvalue weighted by Gasteiger charge is -2.11. The van der Waals surface area contributed by atoms with Gasteiger partial charge in [0.25, 0.3) is 0 Å². The highest BCUT2D eigenvalue weighted by molar-refractivity contribution is 7.22. The van der Waals surface area contributed by atoms with Crippen molar-refractivity contribution in [2.75, 3.05) is 11.1 Å². The molecule has 0 aliphatic heterocycles. The molecule has 0 spiro atoms. The maximum absolute atomic E-state index is 6.23. The summed E-state index contributed by atoms with van der Waals surface area (Å²) in [4.78, 5) is 13.0. The molecule has 0 saturated heterocycles. The summed E-state index contributed by atoms with van der Waals surface area (Å²) in [6.45, 7) is 6.15. The van der Waals surface area contributed by atoms with E-state index in [9.17, 15) is 0 Å². The fraction of sp³-hybridized carbons (Fsp3) is 0.150. The van der Waals surface area contributed by atoms with Gasteiger partial charge in [0.05, 0.1) is 10.2 Å². The Morgan fingerprint density at radius 3 is 2.67 bits per heavy atom. The number of rotatable bonds is 4. The standard InChI is InChI=1S/C20H19N5OS/c1-11-4-7-15-16(8-11)27-20(24-15)25-18-17(21)19(23-10-22-18)26-14-6-5-12(2)13(3)9-14/h4-10H,21H2,1-3H3,(H,22,23,24,25). The van der Waals surface area contributed by atoms with Gasteiger partial charge in [0.15, 0.2) is 10.9 Å². The van der Waals surface area contributed by atoms with E-state index in [2.05, 4.69) is 40.2 Å². The molecule has 0 fully saturated rings. The first-order valence-electron chi connectivity index (χ1n) is 8.49. The maximum Gasteiger partial charge on any atom is 0.248 e. The van der Waals surface area contributed by atoms with E-state index in [1.165, 1.54) is 17.5 Å². The van der Waals surface area contributed by atoms with Crippen LogP contribution in [0.4, 0.5) is 16.6 Å². The summed E-state index contributed by atoms with van der Waals surface area (Å²) < 4.78 is 6.97. The van der Waals surface area contributed by atoms with Crippen LogP contribution in [-0.4, -0.2) is 15.0 Å². The molecule has 27 heavy (non-hydrogen) atoms. The number of hydrogen-bond donors (Lipinski definition) is 2. The lowest BCUT2D eigenvalue weighted by Crippen LogP contribution is -2.03. The number of ether oxygens (including phenoxy) is 1. The summed E-state index contributed by atoms with van der Waals surface area (Å²) >= 11 is 1.55. The second-order valence-electron chi connectivity index (χ2n) is 6.40. The lowest BCUT2D eigenvalue weighted by molar-refractivity contribution is 0.464. The van der Waals surface area contributed by atoms with Gasteiger partial charge in [-0.15, -0.1) is 0 Å². The van der Waals surface area contributed by atoms with Crippen LogP contribution >= 0.6 is 11.3 Å². The van der Waals surface area contributed by atoms with Crippen molar-refractivity contribution in [1.82, 2.24) is 15.0 Å². The molecule has 6 nitrogen and oxygen atoms in total. The number of thiazole rings is 1. The Morgan fingerprint density at radius 2 is 1.85 bits per heavy atom. The monoisotopic (exact) mass is 377 g/mol. The molecule has 0 unspecified atom stereocenters. The topological polar surface area (TPSA) is 86.0 Å². The van der Waals surface area contributed by atoms with E-state index < -0.39 is 0 Å². The number of hydrogen-bond acceptors (Lipinski definition) is 7. The summed E-state index contributed by atoms with van der Waals surface area (Å²) in [6, 6.07) is 12.0. The molecule has 4 rings (SSSR count). The number of fused-ring (bicyclic) bond motifs is 1. The van der Waals surface area contributed by atoms with E-state index in [0.29, 0.717) is 23.1 Å². The Balaban J connectivity index is 1.61. The molecule has 7 heteroatoms. The number of nitrogens with zero attached hydrogens (tertiary/aromatic N) is 3. The molecule has 0 radical (unpaired) electrons. The average Bonchev–Trinajstić information content (AvgIpc) is 3.03. The molecule has 0 amide bonds. The predicted molar refractivity (Wildman–Crippen MR) is 110 cm³/mol. The highest BCUT2D eigenvalue weighted by Gasteiger charge is 2.13. The van der Waals surface area contributed by atoms with Crippen LogP contribution in [0.25, 0.3) is 10.2 Å². The summed E-state index contributed by atoms with van der Waals surface area (Å²) in [5, 5.41) is 3.90. The van der Waals surface area contributed by atoms with Gasteiger partial charge in [0.1, 0.15) is 17.8 Å². The highest BCUT2D eigenvalue weighted by atomic mass is 32.1. The van der Waals surface area contributed by atoms with E-state index in [0.717, 1.165) is 20.9 Å². The van der Waals surface area contributed by atoms with Gasteiger partial charge >= 0.3 is 0 Å². The summed E-state index contributed by atoms with van der Waals surface area (Å²) in [5.74, 6) is 1.47. The van der Waals surface area contributed by atoms with E-state index >= 15 is 0 Å². The van der Waals surface area contributed by atoms with E-state index in [-0.39, 0.29) is 0 Å². The maximum atomic E-state index is 6.23. The van der Waals surface area contributed by atoms with Gasteiger partial charge in [-0.3, -0.25) is 0 Å². The van der Waals surface area contributed by atoms with Gasteiger partial charge in [-0.25, -0.2) is 9.97 Å². The SMILES string of the molecule is Cc1ccc2nc(Nc3ncnc(Oc4ccc(C)c(C)c4)c3N)sc2c1. The third-order valence-corrected chi connectivity index (χ3v) is 5.24. The van der Waals surface area contributed by atoms with Gasteiger partial charge in [-0.2, -0.15) is 4.98 Å². The molecule has 3 N–H and O–H groups in total. The zero-order chi connectivity index (χ0) is 19.0. The zero-order valence-electron chi connectivity index (χ0n) is 15.3. The summed E-state index contributed by atoms with van der Waals surface area (Å²) in [5.41, 5.74) is 11.0. The summed E-state index contributed by atoms with van der Waals surface area (Å²) in [7, 11) is 0. The van der Waals surface area contributed by atoms with Gasteiger partial charge in [-0.05, 0) is 61.7 Å². The average molecular weight is 377 g/mol. The van der Waals surface area contributed by atoms with Crippen LogP contribution in [0.3, 0.4) is 0 Å². The van der Waals surface area contributed by atoms with E-state index in [1.807, 2.05) is 37.3 Å². The quantitative estimate of drug-likeness (QED) is 0.513. The normalized spacial score (nSPS) is 10.9. The van der Waals surface area contributed by atoms with Crippen molar-refractivity contribution < 1.29 is 4.74 Å². The van der Waals surface area contributed by atoms with Gasteiger partial charge in [0, 0.05) is 0 Å². The molecule has 2 aromatic carbocycles. The third kappa shape index (κ3) is 3.54. The molecule has 0 aliphatic carbocycles. The molecule has 2 heterocycles. The van der Waals surface area contributed by atoms with Crippen molar-refractivity contribution in [2.45, 2.75) is 20.8 Å². The van der Waals surface area contributed by atoms with Crippen LogP contribution in [0.1, 0.15) is 16.7 Å². The number of anilines is 3. The first-order valence-corrected chi connectivity index (χ1v) is 9.31. The second kappa shape index (κ2) is 6.85. The molecular formula is C20H19N5OS. The van der Waals surface area contributed by atoms with Crippen LogP contribution in [0.5, 0.6) is 11.6 Å². The van der Waals surface area contributed by atoms with E-state index in [4.69, 9.17) is 10.5 Å². The van der Waals surface area contributed by atoms with Crippen molar-refractivity contribution in [3.8, 4) is 11.6 Å². The molecule has 0 atom stereocenters. The Morgan fingerprint density at radius 1 is 1.00 bits per heavy atom. The van der Waals surface area contributed by atoms with Crippen molar-refractivity contribution in [3.05, 3.63) is 59.4 Å². The molecule has 2 aromatic heterocycles. The Labute approximate surface area is 161 Å². The Hall–Kier alpha value is -3.19. The third-order valence-electron chi connectivity index (χ3n) is 4.31. The molecule has 0 aliphatic rings. The number of benzene rings is 2. The van der Waals surface area contributed by atoms with Crippen LogP contribution in [0, 0.1) is 20.8 Å². The smallest absolute Gasteiger partial charge is 0.248 e.